The van der Waals surface area contributed by atoms with E-state index in [-0.39, 0.29) is 0 Å². The van der Waals surface area contributed by atoms with Crippen LogP contribution >= 0.6 is 0 Å². The molecular weight excluding hydrogens is 138 g/mol. The molecule has 0 amide bonds. The average molecular weight is 153 g/mol. The maximum Gasteiger partial charge on any atom is 0.0451 e. The van der Waals surface area contributed by atoms with Gasteiger partial charge in [-0.2, -0.15) is 5.06 Å². The first-order chi connectivity index (χ1) is 5.36. The van der Waals surface area contributed by atoms with Gasteiger partial charge in [-0.05, 0) is 31.6 Å². The Morgan fingerprint density at radius 1 is 1.45 bits per heavy atom. The van der Waals surface area contributed by atoms with Crippen LogP contribution < -0.4 is 0 Å². The van der Waals surface area contributed by atoms with Crippen LogP contribution in [0, 0.1) is 5.92 Å². The van der Waals surface area contributed by atoms with Crippen LogP contribution in [-0.2, 0) is 0 Å². The van der Waals surface area contributed by atoms with E-state index in [1.54, 1.807) is 0 Å². The van der Waals surface area contributed by atoms with Crippen LogP contribution in [0.15, 0.2) is 11.6 Å². The lowest BCUT2D eigenvalue weighted by molar-refractivity contribution is -0.0975. The number of hydrogen-bond acceptors (Lipinski definition) is 2. The Kier molecular flexibility index (Phi) is 1.96. The summed E-state index contributed by atoms with van der Waals surface area (Å²) in [5, 5.41) is 10.7. The minimum atomic E-state index is 0.796. The molecule has 0 unspecified atom stereocenters. The molecule has 1 atom stereocenters. The van der Waals surface area contributed by atoms with Gasteiger partial charge in [0.25, 0.3) is 0 Å². The molecule has 1 fully saturated rings. The van der Waals surface area contributed by atoms with E-state index >= 15 is 0 Å². The van der Waals surface area contributed by atoms with Crippen molar-refractivity contribution in [3.63, 3.8) is 0 Å². The van der Waals surface area contributed by atoms with Crippen LogP contribution in [0.25, 0.3) is 0 Å². The molecule has 1 heterocycles. The van der Waals surface area contributed by atoms with Crippen LogP contribution in [0.2, 0.25) is 0 Å². The minimum Gasteiger partial charge on any atom is -0.314 e. The summed E-state index contributed by atoms with van der Waals surface area (Å²) in [6.45, 7) is 1.66. The number of nitrogens with zero attached hydrogens (tertiary/aromatic N) is 1. The van der Waals surface area contributed by atoms with E-state index in [0.29, 0.717) is 0 Å². The second-order valence-corrected chi connectivity index (χ2v) is 3.58. The van der Waals surface area contributed by atoms with Crippen molar-refractivity contribution in [2.75, 3.05) is 13.1 Å². The zero-order valence-electron chi connectivity index (χ0n) is 6.79. The summed E-state index contributed by atoms with van der Waals surface area (Å²) in [5.41, 5.74) is 1.48. The Morgan fingerprint density at radius 3 is 3.27 bits per heavy atom. The number of rotatable bonds is 0. The Labute approximate surface area is 67.5 Å². The van der Waals surface area contributed by atoms with Gasteiger partial charge in [0, 0.05) is 13.1 Å². The topological polar surface area (TPSA) is 23.5 Å². The summed E-state index contributed by atoms with van der Waals surface area (Å²) in [4.78, 5) is 0. The molecule has 0 bridgehead atoms. The molecule has 1 aliphatic heterocycles. The van der Waals surface area contributed by atoms with Gasteiger partial charge in [0.1, 0.15) is 0 Å². The normalized spacial score (nSPS) is 32.8. The predicted molar refractivity (Wildman–Crippen MR) is 43.4 cm³/mol. The summed E-state index contributed by atoms with van der Waals surface area (Å²) >= 11 is 0. The lowest BCUT2D eigenvalue weighted by Crippen LogP contribution is -2.33. The summed E-state index contributed by atoms with van der Waals surface area (Å²) < 4.78 is 0. The first-order valence-electron chi connectivity index (χ1n) is 4.49. The van der Waals surface area contributed by atoms with Gasteiger partial charge in [0.2, 0.25) is 0 Å². The van der Waals surface area contributed by atoms with E-state index in [1.165, 1.54) is 29.9 Å². The zero-order valence-corrected chi connectivity index (χ0v) is 6.79. The average Bonchev–Trinajstić information content (AvgIpc) is 2.04. The fourth-order valence-corrected chi connectivity index (χ4v) is 2.12. The maximum absolute atomic E-state index is 9.24. The molecular formula is C9H15NO. The molecule has 2 rings (SSSR count). The molecule has 11 heavy (non-hydrogen) atoms. The van der Waals surface area contributed by atoms with Gasteiger partial charge >= 0.3 is 0 Å². The molecule has 0 spiro atoms. The smallest absolute Gasteiger partial charge is 0.0451 e. The zero-order chi connectivity index (χ0) is 7.68. The molecule has 1 saturated heterocycles. The molecule has 0 aromatic heterocycles. The molecule has 62 valence electrons. The molecule has 0 aromatic rings. The van der Waals surface area contributed by atoms with Crippen molar-refractivity contribution in [1.29, 1.82) is 0 Å². The van der Waals surface area contributed by atoms with Crippen LogP contribution in [0.3, 0.4) is 0 Å². The quantitative estimate of drug-likeness (QED) is 0.536. The van der Waals surface area contributed by atoms with Crippen molar-refractivity contribution in [3.8, 4) is 0 Å². The standard InChI is InChI=1S/C9H15NO/c11-10-6-5-8-3-1-2-4-9(8)7-10/h4,8,11H,1-3,5-7H2/t8-/m1/s1. The molecule has 0 saturated carbocycles. The van der Waals surface area contributed by atoms with E-state index in [4.69, 9.17) is 0 Å². The SMILES string of the molecule is ON1CC[C@H]2CCCC=C2C1. The van der Waals surface area contributed by atoms with Gasteiger partial charge in [-0.15, -0.1) is 0 Å². The Balaban J connectivity index is 2.07. The summed E-state index contributed by atoms with van der Waals surface area (Å²) in [5.74, 6) is 0.798. The Hall–Kier alpha value is -0.340. The monoisotopic (exact) mass is 153 g/mol. The molecule has 0 radical (unpaired) electrons. The molecule has 2 heteroatoms. The highest BCUT2D eigenvalue weighted by atomic mass is 16.5. The highest BCUT2D eigenvalue weighted by molar-refractivity contribution is 5.13. The highest BCUT2D eigenvalue weighted by Crippen LogP contribution is 2.30. The van der Waals surface area contributed by atoms with E-state index in [1.807, 2.05) is 0 Å². The number of allylic oxidation sites excluding steroid dienone is 1. The van der Waals surface area contributed by atoms with Crippen molar-refractivity contribution >= 4 is 0 Å². The third kappa shape index (κ3) is 1.47. The van der Waals surface area contributed by atoms with Crippen LogP contribution in [-0.4, -0.2) is 23.4 Å². The lowest BCUT2D eigenvalue weighted by Gasteiger charge is -2.32. The van der Waals surface area contributed by atoms with Crippen LogP contribution in [0.1, 0.15) is 25.7 Å². The molecule has 1 N–H and O–H groups in total. The van der Waals surface area contributed by atoms with Crippen molar-refractivity contribution in [2.24, 2.45) is 5.92 Å². The van der Waals surface area contributed by atoms with E-state index in [2.05, 4.69) is 6.08 Å². The van der Waals surface area contributed by atoms with Gasteiger partial charge in [0.05, 0.1) is 0 Å². The highest BCUT2D eigenvalue weighted by Gasteiger charge is 2.23. The number of hydrogen-bond donors (Lipinski definition) is 1. The Morgan fingerprint density at radius 2 is 2.36 bits per heavy atom. The first kappa shape index (κ1) is 7.32. The third-order valence-electron chi connectivity index (χ3n) is 2.79. The third-order valence-corrected chi connectivity index (χ3v) is 2.79. The van der Waals surface area contributed by atoms with Crippen molar-refractivity contribution in [2.45, 2.75) is 25.7 Å². The fraction of sp³-hybridized carbons (Fsp3) is 0.778. The Bertz CT molecular complexity index is 176. The minimum absolute atomic E-state index is 0.796. The second-order valence-electron chi connectivity index (χ2n) is 3.58. The van der Waals surface area contributed by atoms with Gasteiger partial charge in [-0.3, -0.25) is 0 Å². The fourth-order valence-electron chi connectivity index (χ4n) is 2.12. The summed E-state index contributed by atoms with van der Waals surface area (Å²) in [6.07, 6.45) is 7.39. The van der Waals surface area contributed by atoms with Crippen molar-refractivity contribution in [1.82, 2.24) is 5.06 Å². The van der Waals surface area contributed by atoms with Crippen LogP contribution in [0.4, 0.5) is 0 Å². The van der Waals surface area contributed by atoms with Gasteiger partial charge in [-0.1, -0.05) is 11.6 Å². The van der Waals surface area contributed by atoms with Gasteiger partial charge < -0.3 is 5.21 Å². The van der Waals surface area contributed by atoms with E-state index in [0.717, 1.165) is 25.4 Å². The molecule has 1 aliphatic carbocycles. The molecule has 2 nitrogen and oxygen atoms in total. The van der Waals surface area contributed by atoms with Gasteiger partial charge in [0.15, 0.2) is 0 Å². The predicted octanol–water partition coefficient (Wildman–Crippen LogP) is 1.81. The first-order valence-corrected chi connectivity index (χ1v) is 4.49. The maximum atomic E-state index is 9.24. The number of fused-ring (bicyclic) bond motifs is 1. The number of piperidine rings is 1. The van der Waals surface area contributed by atoms with Crippen molar-refractivity contribution < 1.29 is 5.21 Å². The van der Waals surface area contributed by atoms with Gasteiger partial charge in [-0.25, -0.2) is 0 Å². The van der Waals surface area contributed by atoms with E-state index < -0.39 is 0 Å². The number of hydroxylamine groups is 2. The molecule has 0 aromatic carbocycles. The van der Waals surface area contributed by atoms with E-state index in [9.17, 15) is 5.21 Å². The lowest BCUT2D eigenvalue weighted by atomic mass is 9.83. The summed E-state index contributed by atoms with van der Waals surface area (Å²) in [7, 11) is 0. The summed E-state index contributed by atoms with van der Waals surface area (Å²) in [6, 6.07) is 0. The van der Waals surface area contributed by atoms with Crippen molar-refractivity contribution in [3.05, 3.63) is 11.6 Å². The largest absolute Gasteiger partial charge is 0.314 e. The molecule has 2 aliphatic rings. The van der Waals surface area contributed by atoms with Crippen LogP contribution in [0.5, 0.6) is 0 Å². The second kappa shape index (κ2) is 2.95.